The molecule has 0 atom stereocenters. The van der Waals surface area contributed by atoms with Gasteiger partial charge in [0.25, 0.3) is 0 Å². The summed E-state index contributed by atoms with van der Waals surface area (Å²) in [6, 6.07) is 9.32. The molecule has 6 heteroatoms. The number of hydrogen-bond donors (Lipinski definition) is 2. The quantitative estimate of drug-likeness (QED) is 0.828. The lowest BCUT2D eigenvalue weighted by molar-refractivity contribution is 0.172. The number of nitrogens with two attached hydrogens (primary N) is 1. The molecule has 0 spiro atoms. The highest BCUT2D eigenvalue weighted by molar-refractivity contribution is 9.10. The number of fused-ring (bicyclic) bond motifs is 1. The Morgan fingerprint density at radius 2 is 1.81 bits per heavy atom. The van der Waals surface area contributed by atoms with E-state index < -0.39 is 0 Å². The molecule has 0 fully saturated rings. The van der Waals surface area contributed by atoms with Gasteiger partial charge in [-0.1, -0.05) is 15.9 Å². The maximum atomic E-state index is 6.07. The van der Waals surface area contributed by atoms with Crippen LogP contribution in [0.2, 0.25) is 0 Å². The summed E-state index contributed by atoms with van der Waals surface area (Å²) in [6.07, 6.45) is 0. The van der Waals surface area contributed by atoms with Gasteiger partial charge in [0.15, 0.2) is 11.5 Å². The molecule has 3 rings (SSSR count). The summed E-state index contributed by atoms with van der Waals surface area (Å²) < 4.78 is 17.4. The smallest absolute Gasteiger partial charge is 0.163 e. The lowest BCUT2D eigenvalue weighted by Gasteiger charge is -2.21. The molecule has 2 aromatic rings. The van der Waals surface area contributed by atoms with E-state index in [1.54, 1.807) is 13.2 Å². The third kappa shape index (κ3) is 2.85. The van der Waals surface area contributed by atoms with E-state index in [-0.39, 0.29) is 0 Å². The SMILES string of the molecule is COc1ccc(Br)cc1Nc1cc2c(cc1N)OCCO2. The van der Waals surface area contributed by atoms with Crippen LogP contribution in [0.5, 0.6) is 17.2 Å². The van der Waals surface area contributed by atoms with Gasteiger partial charge < -0.3 is 25.3 Å². The van der Waals surface area contributed by atoms with E-state index in [0.29, 0.717) is 30.4 Å². The minimum absolute atomic E-state index is 0.538. The minimum atomic E-state index is 0.538. The normalized spacial score (nSPS) is 12.9. The number of anilines is 3. The molecule has 0 unspecified atom stereocenters. The van der Waals surface area contributed by atoms with E-state index in [2.05, 4.69) is 21.2 Å². The monoisotopic (exact) mass is 350 g/mol. The summed E-state index contributed by atoms with van der Waals surface area (Å²) in [5.41, 5.74) is 8.22. The molecule has 1 heterocycles. The maximum absolute atomic E-state index is 6.07. The molecular formula is C15H15BrN2O3. The molecule has 5 nitrogen and oxygen atoms in total. The average molecular weight is 351 g/mol. The molecule has 0 aromatic heterocycles. The minimum Gasteiger partial charge on any atom is -0.495 e. The van der Waals surface area contributed by atoms with Crippen LogP contribution in [0.15, 0.2) is 34.8 Å². The van der Waals surface area contributed by atoms with Crippen molar-refractivity contribution >= 4 is 33.0 Å². The number of methoxy groups -OCH3 is 1. The molecule has 2 aromatic carbocycles. The third-order valence-electron chi connectivity index (χ3n) is 3.15. The molecule has 0 saturated carbocycles. The molecule has 0 aliphatic carbocycles. The van der Waals surface area contributed by atoms with Gasteiger partial charge in [0, 0.05) is 16.6 Å². The Labute approximate surface area is 131 Å². The Balaban J connectivity index is 1.96. The number of benzene rings is 2. The largest absolute Gasteiger partial charge is 0.495 e. The predicted molar refractivity (Wildman–Crippen MR) is 85.8 cm³/mol. The van der Waals surface area contributed by atoms with Gasteiger partial charge in [0.1, 0.15) is 19.0 Å². The van der Waals surface area contributed by atoms with Crippen LogP contribution in [-0.4, -0.2) is 20.3 Å². The Morgan fingerprint density at radius 3 is 2.52 bits per heavy atom. The molecule has 21 heavy (non-hydrogen) atoms. The maximum Gasteiger partial charge on any atom is 0.163 e. The van der Waals surface area contributed by atoms with Gasteiger partial charge in [0.2, 0.25) is 0 Å². The van der Waals surface area contributed by atoms with E-state index in [1.165, 1.54) is 0 Å². The van der Waals surface area contributed by atoms with Gasteiger partial charge in [0.05, 0.1) is 24.2 Å². The van der Waals surface area contributed by atoms with E-state index in [1.807, 2.05) is 24.3 Å². The zero-order chi connectivity index (χ0) is 14.8. The van der Waals surface area contributed by atoms with Crippen molar-refractivity contribution in [2.75, 3.05) is 31.4 Å². The molecule has 0 bridgehead atoms. The van der Waals surface area contributed by atoms with E-state index >= 15 is 0 Å². The molecule has 110 valence electrons. The molecule has 0 amide bonds. The fraction of sp³-hybridized carbons (Fsp3) is 0.200. The second-order valence-electron chi connectivity index (χ2n) is 4.55. The van der Waals surface area contributed by atoms with Crippen molar-refractivity contribution in [3.63, 3.8) is 0 Å². The van der Waals surface area contributed by atoms with E-state index in [9.17, 15) is 0 Å². The van der Waals surface area contributed by atoms with Crippen LogP contribution in [0.25, 0.3) is 0 Å². The van der Waals surface area contributed by atoms with Crippen molar-refractivity contribution in [1.29, 1.82) is 0 Å². The molecule has 0 saturated heterocycles. The van der Waals surface area contributed by atoms with Crippen molar-refractivity contribution in [3.8, 4) is 17.2 Å². The first-order valence-electron chi connectivity index (χ1n) is 6.47. The summed E-state index contributed by atoms with van der Waals surface area (Å²) in [6.45, 7) is 1.08. The number of nitrogens with one attached hydrogen (secondary N) is 1. The topological polar surface area (TPSA) is 65.7 Å². The Bertz CT molecular complexity index is 676. The molecular weight excluding hydrogens is 336 g/mol. The third-order valence-corrected chi connectivity index (χ3v) is 3.64. The van der Waals surface area contributed by atoms with Crippen molar-refractivity contribution in [2.24, 2.45) is 0 Å². The first-order valence-corrected chi connectivity index (χ1v) is 7.26. The van der Waals surface area contributed by atoms with Crippen LogP contribution in [0.4, 0.5) is 17.1 Å². The van der Waals surface area contributed by atoms with Gasteiger partial charge >= 0.3 is 0 Å². The zero-order valence-electron chi connectivity index (χ0n) is 11.5. The van der Waals surface area contributed by atoms with Crippen molar-refractivity contribution in [2.45, 2.75) is 0 Å². The molecule has 0 radical (unpaired) electrons. The summed E-state index contributed by atoms with van der Waals surface area (Å²) in [5, 5.41) is 3.27. The predicted octanol–water partition coefficient (Wildman–Crippen LogP) is 3.55. The van der Waals surface area contributed by atoms with Crippen molar-refractivity contribution in [3.05, 3.63) is 34.8 Å². The second-order valence-corrected chi connectivity index (χ2v) is 5.47. The van der Waals surface area contributed by atoms with Gasteiger partial charge in [-0.3, -0.25) is 0 Å². The van der Waals surface area contributed by atoms with Gasteiger partial charge in [-0.15, -0.1) is 0 Å². The van der Waals surface area contributed by atoms with Crippen LogP contribution in [-0.2, 0) is 0 Å². The Morgan fingerprint density at radius 1 is 1.10 bits per heavy atom. The van der Waals surface area contributed by atoms with E-state index in [0.717, 1.165) is 21.6 Å². The van der Waals surface area contributed by atoms with Crippen molar-refractivity contribution in [1.82, 2.24) is 0 Å². The summed E-state index contributed by atoms with van der Waals surface area (Å²) in [7, 11) is 1.63. The fourth-order valence-corrected chi connectivity index (χ4v) is 2.50. The van der Waals surface area contributed by atoms with E-state index in [4.69, 9.17) is 19.9 Å². The standard InChI is InChI=1S/C15H15BrN2O3/c1-19-13-3-2-9(16)6-12(13)18-11-8-15-14(7-10(11)17)20-4-5-21-15/h2-3,6-8,18H,4-5,17H2,1H3. The summed E-state index contributed by atoms with van der Waals surface area (Å²) in [5.74, 6) is 2.09. The van der Waals surface area contributed by atoms with Crippen LogP contribution in [0, 0.1) is 0 Å². The highest BCUT2D eigenvalue weighted by atomic mass is 79.9. The first kappa shape index (κ1) is 13.9. The molecule has 1 aliphatic heterocycles. The summed E-state index contributed by atoms with van der Waals surface area (Å²) >= 11 is 3.45. The lowest BCUT2D eigenvalue weighted by Crippen LogP contribution is -2.15. The fourth-order valence-electron chi connectivity index (χ4n) is 2.14. The number of halogens is 1. The first-order chi connectivity index (χ1) is 10.2. The van der Waals surface area contributed by atoms with Crippen LogP contribution < -0.4 is 25.3 Å². The highest BCUT2D eigenvalue weighted by Gasteiger charge is 2.15. The average Bonchev–Trinajstić information content (AvgIpc) is 2.48. The molecule has 3 N–H and O–H groups in total. The van der Waals surface area contributed by atoms with Gasteiger partial charge in [-0.2, -0.15) is 0 Å². The van der Waals surface area contributed by atoms with Crippen LogP contribution in [0.1, 0.15) is 0 Å². The number of nitrogen functional groups attached to an aromatic ring is 1. The highest BCUT2D eigenvalue weighted by Crippen LogP contribution is 2.39. The second kappa shape index (κ2) is 5.73. The van der Waals surface area contributed by atoms with Crippen molar-refractivity contribution < 1.29 is 14.2 Å². The lowest BCUT2D eigenvalue weighted by atomic mass is 10.2. The Kier molecular flexibility index (Phi) is 3.79. The zero-order valence-corrected chi connectivity index (χ0v) is 13.1. The summed E-state index contributed by atoms with van der Waals surface area (Å²) in [4.78, 5) is 0. The van der Waals surface area contributed by atoms with Gasteiger partial charge in [-0.05, 0) is 18.2 Å². The van der Waals surface area contributed by atoms with Crippen LogP contribution >= 0.6 is 15.9 Å². The van der Waals surface area contributed by atoms with Gasteiger partial charge in [-0.25, -0.2) is 0 Å². The molecule has 1 aliphatic rings. The number of ether oxygens (including phenoxy) is 3. The number of rotatable bonds is 3. The number of hydrogen-bond acceptors (Lipinski definition) is 5. The van der Waals surface area contributed by atoms with Crippen LogP contribution in [0.3, 0.4) is 0 Å². The Hall–Kier alpha value is -2.08.